The van der Waals surface area contributed by atoms with E-state index in [0.717, 1.165) is 37.2 Å². The van der Waals surface area contributed by atoms with Crippen molar-refractivity contribution in [2.75, 3.05) is 25.0 Å². The summed E-state index contributed by atoms with van der Waals surface area (Å²) in [6.45, 7) is 7.84. The second kappa shape index (κ2) is 8.47. The Hall–Kier alpha value is -3.17. The van der Waals surface area contributed by atoms with Crippen molar-refractivity contribution in [3.8, 4) is 6.07 Å². The topological polar surface area (TPSA) is 73.9 Å². The smallest absolute Gasteiger partial charge is 0.258 e. The zero-order valence-electron chi connectivity index (χ0n) is 15.6. The Kier molecular flexibility index (Phi) is 5.84. The third-order valence-electron chi connectivity index (χ3n) is 4.67. The Bertz CT molecular complexity index is 982. The molecule has 0 aliphatic rings. The number of para-hydroxylation sites is 2. The molecule has 27 heavy (non-hydrogen) atoms. The van der Waals surface area contributed by atoms with Gasteiger partial charge in [0.2, 0.25) is 5.95 Å². The molecular weight excluding hydrogens is 338 g/mol. The van der Waals surface area contributed by atoms with E-state index in [4.69, 9.17) is 5.26 Å². The van der Waals surface area contributed by atoms with E-state index in [1.807, 2.05) is 28.8 Å². The Morgan fingerprint density at radius 2 is 1.96 bits per heavy atom. The summed E-state index contributed by atoms with van der Waals surface area (Å²) in [4.78, 5) is 19.6. The van der Waals surface area contributed by atoms with Gasteiger partial charge in [0.25, 0.3) is 5.91 Å². The van der Waals surface area contributed by atoms with Crippen molar-refractivity contribution < 1.29 is 4.79 Å². The summed E-state index contributed by atoms with van der Waals surface area (Å²) in [5, 5.41) is 12.0. The summed E-state index contributed by atoms with van der Waals surface area (Å²) in [6.07, 6.45) is 0. The van der Waals surface area contributed by atoms with Crippen LogP contribution in [0, 0.1) is 11.3 Å². The van der Waals surface area contributed by atoms with Crippen molar-refractivity contribution in [1.29, 1.82) is 5.26 Å². The number of nitrogens with zero attached hydrogens (tertiary/aromatic N) is 4. The van der Waals surface area contributed by atoms with Gasteiger partial charge in [0.1, 0.15) is 0 Å². The van der Waals surface area contributed by atoms with Crippen molar-refractivity contribution in [1.82, 2.24) is 14.5 Å². The summed E-state index contributed by atoms with van der Waals surface area (Å²) in [7, 11) is 0. The van der Waals surface area contributed by atoms with Crippen LogP contribution in [0.5, 0.6) is 0 Å². The number of amides is 1. The molecule has 3 aromatic rings. The highest BCUT2D eigenvalue weighted by atomic mass is 16.1. The number of carbonyl (C=O) groups excluding carboxylic acids is 1. The molecule has 6 heteroatoms. The van der Waals surface area contributed by atoms with Gasteiger partial charge >= 0.3 is 0 Å². The molecule has 0 radical (unpaired) electrons. The maximum atomic E-state index is 12.7. The van der Waals surface area contributed by atoms with E-state index >= 15 is 0 Å². The molecule has 0 aliphatic carbocycles. The van der Waals surface area contributed by atoms with E-state index in [9.17, 15) is 4.79 Å². The molecule has 138 valence electrons. The van der Waals surface area contributed by atoms with Gasteiger partial charge in [-0.1, -0.05) is 32.0 Å². The van der Waals surface area contributed by atoms with Crippen molar-refractivity contribution in [3.05, 3.63) is 59.7 Å². The predicted octanol–water partition coefficient (Wildman–Crippen LogP) is 3.50. The maximum Gasteiger partial charge on any atom is 0.258 e. The molecule has 1 amide bonds. The number of aromatic nitrogens is 2. The van der Waals surface area contributed by atoms with Crippen molar-refractivity contribution in [2.24, 2.45) is 0 Å². The quantitative estimate of drug-likeness (QED) is 0.699. The van der Waals surface area contributed by atoms with Crippen LogP contribution in [0.4, 0.5) is 5.95 Å². The number of rotatable bonds is 7. The van der Waals surface area contributed by atoms with Gasteiger partial charge in [-0.25, -0.2) is 4.98 Å². The van der Waals surface area contributed by atoms with Crippen molar-refractivity contribution in [3.63, 3.8) is 0 Å². The summed E-state index contributed by atoms with van der Waals surface area (Å²) in [6, 6.07) is 16.6. The Morgan fingerprint density at radius 3 is 2.70 bits per heavy atom. The number of benzene rings is 2. The highest BCUT2D eigenvalue weighted by Gasteiger charge is 2.15. The van der Waals surface area contributed by atoms with Crippen LogP contribution >= 0.6 is 0 Å². The molecule has 1 heterocycles. The third-order valence-corrected chi connectivity index (χ3v) is 4.67. The number of fused-ring (bicyclic) bond motifs is 1. The first-order valence-corrected chi connectivity index (χ1v) is 9.15. The Balaban J connectivity index is 1.89. The SMILES string of the molecule is CCN(CC)CCn1c(NC(=O)c2cccc(C#N)c2)nc2ccccc21. The Morgan fingerprint density at radius 1 is 1.19 bits per heavy atom. The van der Waals surface area contributed by atoms with Crippen LogP contribution in [-0.4, -0.2) is 40.0 Å². The first-order chi connectivity index (χ1) is 13.2. The van der Waals surface area contributed by atoms with Crippen molar-refractivity contribution in [2.45, 2.75) is 20.4 Å². The lowest BCUT2D eigenvalue weighted by Gasteiger charge is -2.19. The average molecular weight is 361 g/mol. The van der Waals surface area contributed by atoms with Crippen LogP contribution in [0.25, 0.3) is 11.0 Å². The fraction of sp³-hybridized carbons (Fsp3) is 0.286. The normalized spacial score (nSPS) is 10.9. The highest BCUT2D eigenvalue weighted by Crippen LogP contribution is 2.20. The number of nitrogens with one attached hydrogen (secondary N) is 1. The Labute approximate surface area is 159 Å². The van der Waals surface area contributed by atoms with Gasteiger partial charge in [-0.3, -0.25) is 10.1 Å². The highest BCUT2D eigenvalue weighted by molar-refractivity contribution is 6.04. The molecule has 6 nitrogen and oxygen atoms in total. The van der Waals surface area contributed by atoms with Gasteiger partial charge in [-0.15, -0.1) is 0 Å². The van der Waals surface area contributed by atoms with Gasteiger partial charge in [-0.05, 0) is 43.4 Å². The molecule has 0 aliphatic heterocycles. The van der Waals surface area contributed by atoms with Crippen LogP contribution < -0.4 is 5.32 Å². The average Bonchev–Trinajstić information content (AvgIpc) is 3.06. The second-order valence-corrected chi connectivity index (χ2v) is 6.25. The maximum absolute atomic E-state index is 12.7. The molecule has 0 saturated carbocycles. The number of carbonyl (C=O) groups is 1. The lowest BCUT2D eigenvalue weighted by Crippen LogP contribution is -2.27. The lowest BCUT2D eigenvalue weighted by molar-refractivity contribution is 0.102. The third kappa shape index (κ3) is 4.15. The minimum Gasteiger partial charge on any atom is -0.309 e. The van der Waals surface area contributed by atoms with Gasteiger partial charge < -0.3 is 9.47 Å². The summed E-state index contributed by atoms with van der Waals surface area (Å²) >= 11 is 0. The van der Waals surface area contributed by atoms with Crippen LogP contribution in [0.2, 0.25) is 0 Å². The molecule has 3 rings (SSSR count). The molecule has 2 aromatic carbocycles. The van der Waals surface area contributed by atoms with E-state index in [1.165, 1.54) is 0 Å². The van der Waals surface area contributed by atoms with Crippen LogP contribution in [0.1, 0.15) is 29.8 Å². The second-order valence-electron chi connectivity index (χ2n) is 6.25. The van der Waals surface area contributed by atoms with Gasteiger partial charge in [0.05, 0.1) is 22.7 Å². The molecule has 0 unspecified atom stereocenters. The van der Waals surface area contributed by atoms with Crippen LogP contribution in [0.15, 0.2) is 48.5 Å². The van der Waals surface area contributed by atoms with Gasteiger partial charge in [0.15, 0.2) is 0 Å². The molecule has 0 saturated heterocycles. The van der Waals surface area contributed by atoms with Crippen molar-refractivity contribution >= 4 is 22.9 Å². The number of hydrogen-bond donors (Lipinski definition) is 1. The number of likely N-dealkylation sites (N-methyl/N-ethyl adjacent to an activating group) is 1. The molecule has 0 bridgehead atoms. The minimum absolute atomic E-state index is 0.272. The van der Waals surface area contributed by atoms with Crippen LogP contribution in [0.3, 0.4) is 0 Å². The number of imidazole rings is 1. The molecule has 1 aromatic heterocycles. The van der Waals surface area contributed by atoms with Gasteiger partial charge in [0, 0.05) is 18.7 Å². The zero-order chi connectivity index (χ0) is 19.2. The molecule has 0 fully saturated rings. The summed E-state index contributed by atoms with van der Waals surface area (Å²) < 4.78 is 2.04. The standard InChI is InChI=1S/C21H23N5O/c1-3-25(4-2)12-13-26-19-11-6-5-10-18(19)23-21(26)24-20(27)17-9-7-8-16(14-17)15-22/h5-11,14H,3-4,12-13H2,1-2H3,(H,23,24,27). The fourth-order valence-electron chi connectivity index (χ4n) is 3.08. The summed E-state index contributed by atoms with van der Waals surface area (Å²) in [5.74, 6) is 0.252. The lowest BCUT2D eigenvalue weighted by atomic mass is 10.1. The minimum atomic E-state index is -0.272. The zero-order valence-corrected chi connectivity index (χ0v) is 15.6. The molecule has 0 atom stereocenters. The molecule has 0 spiro atoms. The predicted molar refractivity (Wildman–Crippen MR) is 107 cm³/mol. The van der Waals surface area contributed by atoms with E-state index in [-0.39, 0.29) is 5.91 Å². The van der Waals surface area contributed by atoms with Gasteiger partial charge in [-0.2, -0.15) is 5.26 Å². The first-order valence-electron chi connectivity index (χ1n) is 9.15. The summed E-state index contributed by atoms with van der Waals surface area (Å²) in [5.41, 5.74) is 2.73. The molecule has 1 N–H and O–H groups in total. The molecular formula is C21H23N5O. The van der Waals surface area contributed by atoms with E-state index in [0.29, 0.717) is 17.1 Å². The van der Waals surface area contributed by atoms with Crippen LogP contribution in [-0.2, 0) is 6.54 Å². The van der Waals surface area contributed by atoms with E-state index < -0.39 is 0 Å². The fourth-order valence-corrected chi connectivity index (χ4v) is 3.08. The monoisotopic (exact) mass is 361 g/mol. The first kappa shape index (κ1) is 18.6. The number of hydrogen-bond acceptors (Lipinski definition) is 4. The largest absolute Gasteiger partial charge is 0.309 e. The van der Waals surface area contributed by atoms with E-state index in [2.05, 4.69) is 35.1 Å². The van der Waals surface area contributed by atoms with E-state index in [1.54, 1.807) is 24.3 Å². The number of anilines is 1. The number of nitriles is 1.